The van der Waals surface area contributed by atoms with Crippen molar-refractivity contribution in [2.75, 3.05) is 19.6 Å². The molecule has 3 heteroatoms. The molecule has 2 rings (SSSR count). The summed E-state index contributed by atoms with van der Waals surface area (Å²) in [6, 6.07) is 0.525. The molecule has 2 atom stereocenters. The predicted molar refractivity (Wildman–Crippen MR) is 74.4 cm³/mol. The first kappa shape index (κ1) is 13.9. The molecule has 0 aromatic heterocycles. The van der Waals surface area contributed by atoms with Gasteiger partial charge in [0.25, 0.3) is 0 Å². The fourth-order valence-electron chi connectivity index (χ4n) is 3.36. The summed E-state index contributed by atoms with van der Waals surface area (Å²) in [6.45, 7) is 7.65. The maximum absolute atomic E-state index is 12.3. The summed E-state index contributed by atoms with van der Waals surface area (Å²) < 4.78 is 0. The van der Waals surface area contributed by atoms with Crippen LogP contribution in [-0.2, 0) is 4.79 Å². The standard InChI is InChI=1S/C15H28N2O/c1-12(2)7-8-15(18)17-10-4-6-14(17)13-5-3-9-16-11-13/h12-14,16H,3-11H2,1-2H3. The predicted octanol–water partition coefficient (Wildman–Crippen LogP) is 2.41. The minimum atomic E-state index is 0.400. The lowest BCUT2D eigenvalue weighted by Gasteiger charge is -2.34. The molecule has 2 aliphatic rings. The van der Waals surface area contributed by atoms with E-state index in [0.29, 0.717) is 23.8 Å². The molecule has 2 fully saturated rings. The van der Waals surface area contributed by atoms with Gasteiger partial charge in [-0.1, -0.05) is 13.8 Å². The second-order valence-corrected chi connectivity index (χ2v) is 6.34. The SMILES string of the molecule is CC(C)CCC(=O)N1CCCC1C1CCCNC1. The van der Waals surface area contributed by atoms with E-state index in [1.54, 1.807) is 0 Å². The van der Waals surface area contributed by atoms with Gasteiger partial charge in [0.2, 0.25) is 5.91 Å². The van der Waals surface area contributed by atoms with Gasteiger partial charge in [0.05, 0.1) is 0 Å². The summed E-state index contributed by atoms with van der Waals surface area (Å²) in [7, 11) is 0. The van der Waals surface area contributed by atoms with Crippen LogP contribution in [0.4, 0.5) is 0 Å². The molecule has 1 N–H and O–H groups in total. The van der Waals surface area contributed by atoms with Crippen LogP contribution in [0, 0.1) is 11.8 Å². The lowest BCUT2D eigenvalue weighted by Crippen LogP contribution is -2.45. The van der Waals surface area contributed by atoms with E-state index in [4.69, 9.17) is 0 Å². The minimum Gasteiger partial charge on any atom is -0.339 e. The largest absolute Gasteiger partial charge is 0.339 e. The summed E-state index contributed by atoms with van der Waals surface area (Å²) >= 11 is 0. The molecule has 0 spiro atoms. The first-order chi connectivity index (χ1) is 8.68. The zero-order chi connectivity index (χ0) is 13.0. The van der Waals surface area contributed by atoms with E-state index >= 15 is 0 Å². The van der Waals surface area contributed by atoms with Gasteiger partial charge in [-0.3, -0.25) is 4.79 Å². The molecule has 0 bridgehead atoms. The highest BCUT2D eigenvalue weighted by Gasteiger charge is 2.34. The highest BCUT2D eigenvalue weighted by molar-refractivity contribution is 5.76. The molecule has 0 aromatic carbocycles. The molecule has 18 heavy (non-hydrogen) atoms. The van der Waals surface area contributed by atoms with Gasteiger partial charge in [0.15, 0.2) is 0 Å². The van der Waals surface area contributed by atoms with Crippen molar-refractivity contribution in [1.29, 1.82) is 0 Å². The summed E-state index contributed by atoms with van der Waals surface area (Å²) in [5.74, 6) is 1.73. The van der Waals surface area contributed by atoms with E-state index in [0.717, 1.165) is 32.5 Å². The van der Waals surface area contributed by atoms with Gasteiger partial charge in [0.1, 0.15) is 0 Å². The Morgan fingerprint density at radius 2 is 2.17 bits per heavy atom. The topological polar surface area (TPSA) is 32.3 Å². The number of nitrogens with one attached hydrogen (secondary N) is 1. The molecule has 2 saturated heterocycles. The van der Waals surface area contributed by atoms with Crippen molar-refractivity contribution in [2.24, 2.45) is 11.8 Å². The van der Waals surface area contributed by atoms with Crippen molar-refractivity contribution in [2.45, 2.75) is 58.4 Å². The summed E-state index contributed by atoms with van der Waals surface area (Å²) in [6.07, 6.45) is 6.77. The zero-order valence-corrected chi connectivity index (χ0v) is 12.0. The van der Waals surface area contributed by atoms with Crippen molar-refractivity contribution in [3.63, 3.8) is 0 Å². The number of hydrogen-bond donors (Lipinski definition) is 1. The van der Waals surface area contributed by atoms with Crippen LogP contribution < -0.4 is 5.32 Å². The van der Waals surface area contributed by atoms with Crippen LogP contribution in [0.2, 0.25) is 0 Å². The zero-order valence-electron chi connectivity index (χ0n) is 12.0. The van der Waals surface area contributed by atoms with Gasteiger partial charge in [0, 0.05) is 19.0 Å². The second kappa shape index (κ2) is 6.55. The van der Waals surface area contributed by atoms with Crippen LogP contribution in [0.25, 0.3) is 0 Å². The molecule has 0 saturated carbocycles. The molecule has 104 valence electrons. The van der Waals surface area contributed by atoms with Gasteiger partial charge in [-0.25, -0.2) is 0 Å². The molecular formula is C15H28N2O. The first-order valence-corrected chi connectivity index (χ1v) is 7.68. The van der Waals surface area contributed by atoms with Crippen molar-refractivity contribution >= 4 is 5.91 Å². The molecule has 0 aromatic rings. The van der Waals surface area contributed by atoms with Gasteiger partial charge in [-0.05, 0) is 57.0 Å². The number of rotatable bonds is 4. The van der Waals surface area contributed by atoms with Crippen molar-refractivity contribution in [3.05, 3.63) is 0 Å². The average Bonchev–Trinajstić information content (AvgIpc) is 2.86. The lowest BCUT2D eigenvalue weighted by atomic mass is 9.90. The Morgan fingerprint density at radius 3 is 2.83 bits per heavy atom. The van der Waals surface area contributed by atoms with Crippen LogP contribution in [0.15, 0.2) is 0 Å². The van der Waals surface area contributed by atoms with E-state index in [1.807, 2.05) is 0 Å². The number of carbonyl (C=O) groups excluding carboxylic acids is 1. The quantitative estimate of drug-likeness (QED) is 0.833. The van der Waals surface area contributed by atoms with Crippen LogP contribution >= 0.6 is 0 Å². The first-order valence-electron chi connectivity index (χ1n) is 7.68. The third-order valence-corrected chi connectivity index (χ3v) is 4.43. The van der Waals surface area contributed by atoms with Gasteiger partial charge in [-0.2, -0.15) is 0 Å². The Bertz CT molecular complexity index is 272. The Kier molecular flexibility index (Phi) is 5.04. The Hall–Kier alpha value is -0.570. The number of carbonyl (C=O) groups is 1. The lowest BCUT2D eigenvalue weighted by molar-refractivity contribution is -0.133. The van der Waals surface area contributed by atoms with Gasteiger partial charge >= 0.3 is 0 Å². The second-order valence-electron chi connectivity index (χ2n) is 6.34. The Balaban J connectivity index is 1.87. The number of nitrogens with zero attached hydrogens (tertiary/aromatic N) is 1. The summed E-state index contributed by atoms with van der Waals surface area (Å²) in [5, 5.41) is 3.48. The van der Waals surface area contributed by atoms with E-state index < -0.39 is 0 Å². The minimum absolute atomic E-state index is 0.400. The number of likely N-dealkylation sites (tertiary alicyclic amines) is 1. The van der Waals surface area contributed by atoms with Crippen molar-refractivity contribution in [3.8, 4) is 0 Å². The van der Waals surface area contributed by atoms with E-state index in [-0.39, 0.29) is 0 Å². The summed E-state index contributed by atoms with van der Waals surface area (Å²) in [4.78, 5) is 14.5. The molecule has 2 heterocycles. The average molecular weight is 252 g/mol. The third-order valence-electron chi connectivity index (χ3n) is 4.43. The highest BCUT2D eigenvalue weighted by atomic mass is 16.2. The Labute approximate surface area is 111 Å². The molecule has 2 aliphatic heterocycles. The van der Waals surface area contributed by atoms with Crippen molar-refractivity contribution < 1.29 is 4.79 Å². The van der Waals surface area contributed by atoms with Gasteiger partial charge in [-0.15, -0.1) is 0 Å². The van der Waals surface area contributed by atoms with Crippen LogP contribution in [0.5, 0.6) is 0 Å². The number of hydrogen-bond acceptors (Lipinski definition) is 2. The third kappa shape index (κ3) is 3.47. The monoisotopic (exact) mass is 252 g/mol. The van der Waals surface area contributed by atoms with Crippen LogP contribution in [0.3, 0.4) is 0 Å². The summed E-state index contributed by atoms with van der Waals surface area (Å²) in [5.41, 5.74) is 0. The molecule has 0 radical (unpaired) electrons. The van der Waals surface area contributed by atoms with E-state index in [9.17, 15) is 4.79 Å². The van der Waals surface area contributed by atoms with E-state index in [1.165, 1.54) is 25.7 Å². The molecule has 3 nitrogen and oxygen atoms in total. The fraction of sp³-hybridized carbons (Fsp3) is 0.933. The Morgan fingerprint density at radius 1 is 1.33 bits per heavy atom. The molecular weight excluding hydrogens is 224 g/mol. The maximum atomic E-state index is 12.3. The molecule has 2 unspecified atom stereocenters. The van der Waals surface area contributed by atoms with Gasteiger partial charge < -0.3 is 10.2 Å². The smallest absolute Gasteiger partial charge is 0.222 e. The molecule has 0 aliphatic carbocycles. The number of piperidine rings is 1. The van der Waals surface area contributed by atoms with Crippen LogP contribution in [-0.4, -0.2) is 36.5 Å². The normalized spacial score (nSPS) is 28.9. The maximum Gasteiger partial charge on any atom is 0.222 e. The van der Waals surface area contributed by atoms with E-state index in [2.05, 4.69) is 24.1 Å². The van der Waals surface area contributed by atoms with Crippen molar-refractivity contribution in [1.82, 2.24) is 10.2 Å². The molecule has 1 amide bonds. The fourth-order valence-corrected chi connectivity index (χ4v) is 3.36. The number of amides is 1. The van der Waals surface area contributed by atoms with Crippen LogP contribution in [0.1, 0.15) is 52.4 Å². The highest BCUT2D eigenvalue weighted by Crippen LogP contribution is 2.29.